The van der Waals surface area contributed by atoms with Crippen LogP contribution in [0.2, 0.25) is 0 Å². The van der Waals surface area contributed by atoms with Crippen LogP contribution >= 0.6 is 0 Å². The maximum atomic E-state index is 9.77. The maximum absolute atomic E-state index is 9.77. The smallest absolute Gasteiger partial charge is 0.147 e. The van der Waals surface area contributed by atoms with Crippen LogP contribution in [0.1, 0.15) is 16.7 Å². The predicted octanol–water partition coefficient (Wildman–Crippen LogP) is 3.54. The van der Waals surface area contributed by atoms with E-state index in [1.165, 1.54) is 0 Å². The average Bonchev–Trinajstić information content (AvgIpc) is 2.72. The lowest BCUT2D eigenvalue weighted by atomic mass is 9.96. The Hall–Kier alpha value is -3.90. The molecule has 126 valence electrons. The van der Waals surface area contributed by atoms with Crippen molar-refractivity contribution < 1.29 is 0 Å². The zero-order chi connectivity index (χ0) is 18.4. The molecule has 0 amide bonds. The van der Waals surface area contributed by atoms with Gasteiger partial charge in [-0.15, -0.1) is 0 Å². The maximum Gasteiger partial charge on any atom is 0.147 e. The van der Waals surface area contributed by atoms with Gasteiger partial charge in [0.2, 0.25) is 0 Å². The Balaban J connectivity index is 2.13. The molecule has 3 rings (SSSR count). The van der Waals surface area contributed by atoms with Crippen molar-refractivity contribution in [3.8, 4) is 23.3 Å². The lowest BCUT2D eigenvalue weighted by Crippen LogP contribution is -2.09. The molecule has 26 heavy (non-hydrogen) atoms. The summed E-state index contributed by atoms with van der Waals surface area (Å²) in [6, 6.07) is 17.6. The van der Waals surface area contributed by atoms with Crippen LogP contribution in [0.25, 0.3) is 11.1 Å². The minimum Gasteiger partial charge on any atom is -0.372 e. The van der Waals surface area contributed by atoms with Gasteiger partial charge >= 0.3 is 0 Å². The Labute approximate surface area is 151 Å². The number of aromatic nitrogens is 2. The van der Waals surface area contributed by atoms with Crippen molar-refractivity contribution in [2.75, 3.05) is 17.7 Å². The van der Waals surface area contributed by atoms with E-state index in [-0.39, 0.29) is 0 Å². The molecule has 0 radical (unpaired) electrons. The molecule has 2 aromatic heterocycles. The lowest BCUT2D eigenvalue weighted by molar-refractivity contribution is 1.08. The summed E-state index contributed by atoms with van der Waals surface area (Å²) in [5.41, 5.74) is 3.03. The Morgan fingerprint density at radius 1 is 0.962 bits per heavy atom. The van der Waals surface area contributed by atoms with E-state index in [1.807, 2.05) is 42.5 Å². The zero-order valence-electron chi connectivity index (χ0n) is 14.2. The van der Waals surface area contributed by atoms with E-state index >= 15 is 0 Å². The van der Waals surface area contributed by atoms with Gasteiger partial charge in [-0.2, -0.15) is 10.5 Å². The molecule has 6 heteroatoms. The Morgan fingerprint density at radius 2 is 1.69 bits per heavy atom. The van der Waals surface area contributed by atoms with Crippen molar-refractivity contribution in [2.45, 2.75) is 6.54 Å². The third-order valence-electron chi connectivity index (χ3n) is 3.90. The standard InChI is InChI=1S/C20H16N6/c1-23-19-16(10-21)18(15-7-3-2-4-8-15)17(11-22)20(26-19)25-13-14-6-5-9-24-12-14/h2-9,12H,13H2,1H3,(H2,23,25,26). The van der Waals surface area contributed by atoms with Crippen molar-refractivity contribution in [2.24, 2.45) is 0 Å². The highest BCUT2D eigenvalue weighted by molar-refractivity contribution is 5.85. The Bertz CT molecular complexity index is 985. The van der Waals surface area contributed by atoms with Crippen LogP contribution in [0, 0.1) is 22.7 Å². The number of hydrogen-bond acceptors (Lipinski definition) is 6. The first-order chi connectivity index (χ1) is 12.8. The van der Waals surface area contributed by atoms with Crippen LogP contribution in [-0.4, -0.2) is 17.0 Å². The number of hydrogen-bond donors (Lipinski definition) is 2. The summed E-state index contributed by atoms with van der Waals surface area (Å²) in [5, 5.41) is 25.6. The second kappa shape index (κ2) is 7.78. The minimum absolute atomic E-state index is 0.343. The van der Waals surface area contributed by atoms with Gasteiger partial charge in [0, 0.05) is 31.5 Å². The molecule has 2 heterocycles. The molecule has 0 atom stereocenters. The van der Waals surface area contributed by atoms with Gasteiger partial charge in [0.05, 0.1) is 0 Å². The molecule has 0 aliphatic carbocycles. The molecule has 0 bridgehead atoms. The van der Waals surface area contributed by atoms with E-state index in [9.17, 15) is 10.5 Å². The molecular weight excluding hydrogens is 324 g/mol. The van der Waals surface area contributed by atoms with Gasteiger partial charge in [-0.25, -0.2) is 4.98 Å². The van der Waals surface area contributed by atoms with Crippen LogP contribution in [-0.2, 0) is 6.54 Å². The van der Waals surface area contributed by atoms with E-state index in [0.717, 1.165) is 11.1 Å². The summed E-state index contributed by atoms with van der Waals surface area (Å²) in [5.74, 6) is 0.859. The summed E-state index contributed by atoms with van der Waals surface area (Å²) < 4.78 is 0. The number of benzene rings is 1. The number of nitriles is 2. The highest BCUT2D eigenvalue weighted by Gasteiger charge is 2.20. The minimum atomic E-state index is 0.343. The average molecular weight is 340 g/mol. The van der Waals surface area contributed by atoms with E-state index in [0.29, 0.717) is 34.9 Å². The van der Waals surface area contributed by atoms with Gasteiger partial charge in [-0.3, -0.25) is 4.98 Å². The molecule has 0 aliphatic rings. The van der Waals surface area contributed by atoms with Crippen LogP contribution in [0.15, 0.2) is 54.9 Å². The second-order valence-electron chi connectivity index (χ2n) is 5.49. The monoisotopic (exact) mass is 340 g/mol. The highest BCUT2D eigenvalue weighted by Crippen LogP contribution is 2.34. The highest BCUT2D eigenvalue weighted by atomic mass is 15.1. The van der Waals surface area contributed by atoms with E-state index in [1.54, 1.807) is 19.4 Å². The van der Waals surface area contributed by atoms with Gasteiger partial charge in [-0.1, -0.05) is 36.4 Å². The molecule has 3 aromatic rings. The summed E-state index contributed by atoms with van der Waals surface area (Å²) in [6.45, 7) is 0.471. The Kier molecular flexibility index (Phi) is 5.07. The Morgan fingerprint density at radius 3 is 2.31 bits per heavy atom. The van der Waals surface area contributed by atoms with Crippen LogP contribution in [0.4, 0.5) is 11.6 Å². The summed E-state index contributed by atoms with van der Waals surface area (Å²) >= 11 is 0. The summed E-state index contributed by atoms with van der Waals surface area (Å²) in [7, 11) is 1.70. The quantitative estimate of drug-likeness (QED) is 0.737. The van der Waals surface area contributed by atoms with Crippen molar-refractivity contribution in [1.29, 1.82) is 10.5 Å². The van der Waals surface area contributed by atoms with Gasteiger partial charge in [0.15, 0.2) is 0 Å². The molecule has 0 unspecified atom stereocenters. The molecule has 0 aliphatic heterocycles. The number of pyridine rings is 2. The van der Waals surface area contributed by atoms with Crippen molar-refractivity contribution >= 4 is 11.6 Å². The van der Waals surface area contributed by atoms with E-state index in [4.69, 9.17) is 0 Å². The third kappa shape index (κ3) is 3.31. The fourth-order valence-corrected chi connectivity index (χ4v) is 2.69. The predicted molar refractivity (Wildman–Crippen MR) is 100 cm³/mol. The summed E-state index contributed by atoms with van der Waals surface area (Å²) in [6.07, 6.45) is 3.45. The van der Waals surface area contributed by atoms with Crippen LogP contribution in [0.5, 0.6) is 0 Å². The van der Waals surface area contributed by atoms with Gasteiger partial charge in [0.25, 0.3) is 0 Å². The van der Waals surface area contributed by atoms with E-state index < -0.39 is 0 Å². The fourth-order valence-electron chi connectivity index (χ4n) is 2.69. The molecule has 6 nitrogen and oxygen atoms in total. The molecular formula is C20H16N6. The first-order valence-corrected chi connectivity index (χ1v) is 8.02. The van der Waals surface area contributed by atoms with Gasteiger partial charge in [-0.05, 0) is 17.2 Å². The third-order valence-corrected chi connectivity index (χ3v) is 3.90. The largest absolute Gasteiger partial charge is 0.372 e. The first-order valence-electron chi connectivity index (χ1n) is 8.02. The lowest BCUT2D eigenvalue weighted by Gasteiger charge is -2.16. The normalized spacial score (nSPS) is 9.81. The van der Waals surface area contributed by atoms with Gasteiger partial charge < -0.3 is 10.6 Å². The SMILES string of the molecule is CNc1nc(NCc2cccnc2)c(C#N)c(-c2ccccc2)c1C#N. The topological polar surface area (TPSA) is 97.4 Å². The second-order valence-corrected chi connectivity index (χ2v) is 5.49. The van der Waals surface area contributed by atoms with Crippen molar-refractivity contribution in [3.05, 3.63) is 71.5 Å². The van der Waals surface area contributed by atoms with Crippen molar-refractivity contribution in [1.82, 2.24) is 9.97 Å². The fraction of sp³-hybridized carbons (Fsp3) is 0.100. The molecule has 1 aromatic carbocycles. The molecule has 0 saturated heterocycles. The van der Waals surface area contributed by atoms with Crippen LogP contribution in [0.3, 0.4) is 0 Å². The molecule has 0 spiro atoms. The molecule has 0 fully saturated rings. The molecule has 2 N–H and O–H groups in total. The number of anilines is 2. The number of nitrogens with zero attached hydrogens (tertiary/aromatic N) is 4. The number of rotatable bonds is 5. The van der Waals surface area contributed by atoms with Crippen LogP contribution < -0.4 is 10.6 Å². The molecule has 0 saturated carbocycles. The zero-order valence-corrected chi connectivity index (χ0v) is 14.2. The van der Waals surface area contributed by atoms with E-state index in [2.05, 4.69) is 32.7 Å². The first kappa shape index (κ1) is 16.9. The summed E-state index contributed by atoms with van der Waals surface area (Å²) in [4.78, 5) is 8.53. The number of nitrogens with one attached hydrogen (secondary N) is 2. The van der Waals surface area contributed by atoms with Crippen molar-refractivity contribution in [3.63, 3.8) is 0 Å². The van der Waals surface area contributed by atoms with Gasteiger partial charge in [0.1, 0.15) is 34.9 Å².